The minimum Gasteiger partial charge on any atom is -0.298 e. The van der Waals surface area contributed by atoms with E-state index in [1.807, 2.05) is 19.1 Å². The van der Waals surface area contributed by atoms with Crippen LogP contribution in [0.4, 0.5) is 0 Å². The summed E-state index contributed by atoms with van der Waals surface area (Å²) in [6.45, 7) is 1.98. The maximum Gasteiger partial charge on any atom is 0.235 e. The van der Waals surface area contributed by atoms with Crippen LogP contribution in [-0.4, -0.2) is 12.4 Å². The fourth-order valence-corrected chi connectivity index (χ4v) is 2.66. The Morgan fingerprint density at radius 3 is 2.65 bits per heavy atom. The average molecular weight is 229 g/mol. The molecule has 0 aliphatic heterocycles. The van der Waals surface area contributed by atoms with Gasteiger partial charge in [-0.15, -0.1) is 0 Å². The first-order valence-corrected chi connectivity index (χ1v) is 5.87. The molecule has 0 atom stereocenters. The molecule has 1 aromatic rings. The van der Waals surface area contributed by atoms with Crippen LogP contribution in [0.25, 0.3) is 0 Å². The molecule has 1 aromatic carbocycles. The quantitative estimate of drug-likeness (QED) is 0.454. The van der Waals surface area contributed by atoms with Crippen LogP contribution in [0, 0.1) is 6.92 Å². The Morgan fingerprint density at radius 2 is 2.06 bits per heavy atom. The van der Waals surface area contributed by atoms with Crippen LogP contribution >= 0.6 is 0 Å². The molecule has 0 aromatic heterocycles. The zero-order valence-corrected chi connectivity index (χ0v) is 9.90. The van der Waals surface area contributed by atoms with Gasteiger partial charge in [0.25, 0.3) is 0 Å². The van der Waals surface area contributed by atoms with E-state index >= 15 is 0 Å². The van der Waals surface area contributed by atoms with Gasteiger partial charge in [-0.2, -0.15) is 4.99 Å². The highest BCUT2D eigenvalue weighted by molar-refractivity contribution is 5.78. The predicted octanol–water partition coefficient (Wildman–Crippen LogP) is 2.91. The van der Waals surface area contributed by atoms with Crippen molar-refractivity contribution in [2.45, 2.75) is 38.1 Å². The minimum absolute atomic E-state index is 0.510. The predicted molar refractivity (Wildman–Crippen MR) is 64.8 cm³/mol. The van der Waals surface area contributed by atoms with Crippen molar-refractivity contribution in [2.24, 2.45) is 4.99 Å². The molecule has 0 N–H and O–H groups in total. The summed E-state index contributed by atoms with van der Waals surface area (Å²) in [5.74, 6) is 0. The number of nitrogens with zero attached hydrogens (tertiary/aromatic N) is 1. The first-order valence-electron chi connectivity index (χ1n) is 5.87. The fraction of sp³-hybridized carbons (Fsp3) is 0.429. The van der Waals surface area contributed by atoms with E-state index in [2.05, 4.69) is 4.99 Å². The van der Waals surface area contributed by atoms with E-state index in [4.69, 9.17) is 0 Å². The molecule has 17 heavy (non-hydrogen) atoms. The molecule has 0 unspecified atom stereocenters. The molecule has 1 aliphatic rings. The molecule has 3 heteroatoms. The lowest BCUT2D eigenvalue weighted by molar-refractivity contribution is 0.112. The second kappa shape index (κ2) is 4.64. The number of isocyanates is 1. The van der Waals surface area contributed by atoms with Crippen molar-refractivity contribution >= 4 is 12.4 Å². The highest BCUT2D eigenvalue weighted by Gasteiger charge is 2.37. The Hall–Kier alpha value is -1.73. The summed E-state index contributed by atoms with van der Waals surface area (Å²) in [6, 6.07) is 5.68. The van der Waals surface area contributed by atoms with E-state index in [-0.39, 0.29) is 0 Å². The van der Waals surface area contributed by atoms with Gasteiger partial charge in [0, 0.05) is 5.56 Å². The Labute approximate surface area is 101 Å². The first-order chi connectivity index (χ1) is 8.22. The number of aliphatic imine (C=N–C) groups is 1. The summed E-state index contributed by atoms with van der Waals surface area (Å²) < 4.78 is 0. The lowest BCUT2D eigenvalue weighted by Crippen LogP contribution is -2.21. The van der Waals surface area contributed by atoms with Gasteiger partial charge in [0.05, 0.1) is 5.54 Å². The number of carbonyl (C=O) groups is 1. The van der Waals surface area contributed by atoms with Crippen molar-refractivity contribution in [3.05, 3.63) is 34.9 Å². The summed E-state index contributed by atoms with van der Waals surface area (Å²) in [5.41, 5.74) is 2.09. The van der Waals surface area contributed by atoms with E-state index < -0.39 is 5.54 Å². The molecule has 88 valence electrons. The van der Waals surface area contributed by atoms with Crippen molar-refractivity contribution in [3.8, 4) is 0 Å². The first kappa shape index (κ1) is 11.7. The summed E-state index contributed by atoms with van der Waals surface area (Å²) >= 11 is 0. The van der Waals surface area contributed by atoms with Crippen LogP contribution < -0.4 is 0 Å². The maximum absolute atomic E-state index is 11.1. The van der Waals surface area contributed by atoms with Gasteiger partial charge in [-0.25, -0.2) is 4.79 Å². The normalized spacial score (nSPS) is 17.5. The lowest BCUT2D eigenvalue weighted by atomic mass is 9.85. The maximum atomic E-state index is 11.1. The summed E-state index contributed by atoms with van der Waals surface area (Å²) in [7, 11) is 0. The van der Waals surface area contributed by atoms with E-state index in [1.54, 1.807) is 12.1 Å². The lowest BCUT2D eigenvalue weighted by Gasteiger charge is -2.24. The second-order valence-corrected chi connectivity index (χ2v) is 4.65. The van der Waals surface area contributed by atoms with Crippen molar-refractivity contribution in [1.29, 1.82) is 0 Å². The van der Waals surface area contributed by atoms with Crippen LogP contribution in [0.1, 0.15) is 47.2 Å². The minimum atomic E-state index is -0.510. The SMILES string of the molecule is Cc1ccc(C=O)c(C2(N=C=O)CCCC2)c1. The number of rotatable bonds is 3. The topological polar surface area (TPSA) is 46.5 Å². The van der Waals surface area contributed by atoms with Gasteiger partial charge >= 0.3 is 0 Å². The molecule has 1 aliphatic carbocycles. The number of hydrogen-bond donors (Lipinski definition) is 0. The van der Waals surface area contributed by atoms with Crippen LogP contribution in [0.15, 0.2) is 23.2 Å². The standard InChI is InChI=1S/C14H15NO2/c1-11-4-5-12(9-16)13(8-11)14(15-10-17)6-2-3-7-14/h4-5,8-9H,2-3,6-7H2,1H3. The number of aldehydes is 1. The highest BCUT2D eigenvalue weighted by atomic mass is 16.1. The van der Waals surface area contributed by atoms with Gasteiger partial charge in [-0.1, -0.05) is 36.6 Å². The molecule has 1 fully saturated rings. The Balaban J connectivity index is 2.60. The van der Waals surface area contributed by atoms with Gasteiger partial charge in [-0.3, -0.25) is 4.79 Å². The number of benzene rings is 1. The highest BCUT2D eigenvalue weighted by Crippen LogP contribution is 2.43. The average Bonchev–Trinajstić information content (AvgIpc) is 2.79. The van der Waals surface area contributed by atoms with E-state index in [0.29, 0.717) is 5.56 Å². The summed E-state index contributed by atoms with van der Waals surface area (Å²) in [6.07, 6.45) is 6.25. The largest absolute Gasteiger partial charge is 0.298 e. The van der Waals surface area contributed by atoms with Crippen LogP contribution in [-0.2, 0) is 10.3 Å². The fourth-order valence-electron chi connectivity index (χ4n) is 2.66. The zero-order chi connectivity index (χ0) is 12.3. The molecule has 0 spiro atoms. The molecular weight excluding hydrogens is 214 g/mol. The van der Waals surface area contributed by atoms with Gasteiger partial charge in [0.1, 0.15) is 6.29 Å². The molecule has 0 bridgehead atoms. The third-order valence-corrected chi connectivity index (χ3v) is 3.53. The summed E-state index contributed by atoms with van der Waals surface area (Å²) in [5, 5.41) is 0. The molecular formula is C14H15NO2. The van der Waals surface area contributed by atoms with Crippen molar-refractivity contribution in [3.63, 3.8) is 0 Å². The molecule has 0 radical (unpaired) electrons. The zero-order valence-electron chi connectivity index (χ0n) is 9.90. The molecule has 2 rings (SSSR count). The third kappa shape index (κ3) is 2.06. The molecule has 0 heterocycles. The molecule has 1 saturated carbocycles. The van der Waals surface area contributed by atoms with Crippen LogP contribution in [0.2, 0.25) is 0 Å². The smallest absolute Gasteiger partial charge is 0.235 e. The van der Waals surface area contributed by atoms with Crippen molar-refractivity contribution in [1.82, 2.24) is 0 Å². The van der Waals surface area contributed by atoms with Crippen LogP contribution in [0.5, 0.6) is 0 Å². The Morgan fingerprint density at radius 1 is 1.35 bits per heavy atom. The van der Waals surface area contributed by atoms with Gasteiger partial charge < -0.3 is 0 Å². The molecule has 0 saturated heterocycles. The number of carbonyl (C=O) groups excluding carboxylic acids is 2. The van der Waals surface area contributed by atoms with E-state index in [9.17, 15) is 9.59 Å². The van der Waals surface area contributed by atoms with Crippen molar-refractivity contribution in [2.75, 3.05) is 0 Å². The van der Waals surface area contributed by atoms with Crippen molar-refractivity contribution < 1.29 is 9.59 Å². The van der Waals surface area contributed by atoms with E-state index in [1.165, 1.54) is 0 Å². The van der Waals surface area contributed by atoms with E-state index in [0.717, 1.165) is 43.1 Å². The molecule has 0 amide bonds. The second-order valence-electron chi connectivity index (χ2n) is 4.65. The summed E-state index contributed by atoms with van der Waals surface area (Å²) in [4.78, 5) is 25.8. The number of aryl methyl sites for hydroxylation is 1. The van der Waals surface area contributed by atoms with Gasteiger partial charge in [0.15, 0.2) is 0 Å². The van der Waals surface area contributed by atoms with Crippen LogP contribution in [0.3, 0.4) is 0 Å². The van der Waals surface area contributed by atoms with Gasteiger partial charge in [-0.05, 0) is 25.3 Å². The Kier molecular flexibility index (Phi) is 3.21. The number of hydrogen-bond acceptors (Lipinski definition) is 3. The van der Waals surface area contributed by atoms with Gasteiger partial charge in [0.2, 0.25) is 6.08 Å². The Bertz CT molecular complexity index is 481. The molecule has 3 nitrogen and oxygen atoms in total. The monoisotopic (exact) mass is 229 g/mol. The third-order valence-electron chi connectivity index (χ3n) is 3.53.